The largest absolute Gasteiger partial charge is 0.357 e. The van der Waals surface area contributed by atoms with Gasteiger partial charge >= 0.3 is 0 Å². The molecule has 1 atom stereocenters. The maximum absolute atomic E-state index is 3.70. The Morgan fingerprint density at radius 3 is 3.00 bits per heavy atom. The summed E-state index contributed by atoms with van der Waals surface area (Å²) in [6.45, 7) is 2.14. The van der Waals surface area contributed by atoms with E-state index in [1.54, 1.807) is 0 Å². The van der Waals surface area contributed by atoms with Crippen molar-refractivity contribution in [1.82, 2.24) is 15.2 Å². The third-order valence-electron chi connectivity index (χ3n) is 4.06. The summed E-state index contributed by atoms with van der Waals surface area (Å²) in [6, 6.07) is 9.17. The van der Waals surface area contributed by atoms with E-state index in [0.717, 1.165) is 13.1 Å². The molecule has 0 fully saturated rings. The first-order chi connectivity index (χ1) is 9.25. The van der Waals surface area contributed by atoms with Crippen LogP contribution in [0.15, 0.2) is 24.3 Å². The highest BCUT2D eigenvalue weighted by Gasteiger charge is 2.23. The smallest absolute Gasteiger partial charge is 0.0476 e. The average Bonchev–Trinajstić information content (AvgIpc) is 2.78. The summed E-state index contributed by atoms with van der Waals surface area (Å²) < 4.78 is 0. The molecule has 0 aliphatic heterocycles. The van der Waals surface area contributed by atoms with Gasteiger partial charge in [0.25, 0.3) is 0 Å². The molecule has 3 nitrogen and oxygen atoms in total. The van der Waals surface area contributed by atoms with Crippen LogP contribution in [0.1, 0.15) is 30.1 Å². The number of hydrogen-bond donors (Lipinski definition) is 2. The number of benzene rings is 1. The van der Waals surface area contributed by atoms with Crippen LogP contribution in [0.2, 0.25) is 0 Å². The molecule has 1 aromatic heterocycles. The summed E-state index contributed by atoms with van der Waals surface area (Å²) >= 11 is 0. The predicted octanol–water partition coefficient (Wildman–Crippen LogP) is 2.70. The SMILES string of the molecule is CN(C)CCNC1CCCc2c1[nH]c1ccccc21. The molecule has 1 unspecified atom stereocenters. The number of aromatic amines is 1. The number of rotatable bonds is 4. The summed E-state index contributed by atoms with van der Waals surface area (Å²) in [4.78, 5) is 5.85. The lowest BCUT2D eigenvalue weighted by molar-refractivity contribution is 0.370. The summed E-state index contributed by atoms with van der Waals surface area (Å²) in [5.41, 5.74) is 4.24. The van der Waals surface area contributed by atoms with E-state index in [1.807, 2.05) is 0 Å². The number of hydrogen-bond acceptors (Lipinski definition) is 2. The van der Waals surface area contributed by atoms with Crippen molar-refractivity contribution in [3.63, 3.8) is 0 Å². The first-order valence-corrected chi connectivity index (χ1v) is 7.23. The van der Waals surface area contributed by atoms with Gasteiger partial charge in [0.2, 0.25) is 0 Å². The van der Waals surface area contributed by atoms with Crippen molar-refractivity contribution in [2.45, 2.75) is 25.3 Å². The van der Waals surface area contributed by atoms with Crippen LogP contribution in [0.25, 0.3) is 10.9 Å². The van der Waals surface area contributed by atoms with Crippen LogP contribution in [0.4, 0.5) is 0 Å². The lowest BCUT2D eigenvalue weighted by atomic mass is 9.92. The Morgan fingerprint density at radius 2 is 2.16 bits per heavy atom. The standard InChI is InChI=1S/C16H23N3/c1-19(2)11-10-17-15-9-5-7-13-12-6-3-4-8-14(12)18-16(13)15/h3-4,6,8,15,17-18H,5,7,9-11H2,1-2H3. The van der Waals surface area contributed by atoms with Crippen molar-refractivity contribution >= 4 is 10.9 Å². The van der Waals surface area contributed by atoms with Crippen molar-refractivity contribution in [2.75, 3.05) is 27.2 Å². The minimum absolute atomic E-state index is 0.496. The molecule has 0 saturated carbocycles. The summed E-state index contributed by atoms with van der Waals surface area (Å²) in [6.07, 6.45) is 3.74. The third kappa shape index (κ3) is 2.53. The monoisotopic (exact) mass is 257 g/mol. The molecule has 0 spiro atoms. The van der Waals surface area contributed by atoms with E-state index >= 15 is 0 Å². The van der Waals surface area contributed by atoms with Gasteiger partial charge in [-0.3, -0.25) is 0 Å². The van der Waals surface area contributed by atoms with Crippen LogP contribution in [-0.4, -0.2) is 37.1 Å². The molecule has 3 heteroatoms. The van der Waals surface area contributed by atoms with Gasteiger partial charge in [0.15, 0.2) is 0 Å². The number of para-hydroxylation sites is 1. The second-order valence-electron chi connectivity index (χ2n) is 5.77. The van der Waals surface area contributed by atoms with E-state index in [-0.39, 0.29) is 0 Å². The van der Waals surface area contributed by atoms with Crippen LogP contribution in [0, 0.1) is 0 Å². The fourth-order valence-electron chi connectivity index (χ4n) is 3.08. The Labute approximate surface area is 115 Å². The van der Waals surface area contributed by atoms with Crippen LogP contribution in [0.3, 0.4) is 0 Å². The molecular formula is C16H23N3. The van der Waals surface area contributed by atoms with Crippen molar-refractivity contribution in [3.05, 3.63) is 35.5 Å². The maximum Gasteiger partial charge on any atom is 0.0476 e. The summed E-state index contributed by atoms with van der Waals surface area (Å²) in [5.74, 6) is 0. The quantitative estimate of drug-likeness (QED) is 0.882. The first kappa shape index (κ1) is 12.7. The van der Waals surface area contributed by atoms with Gasteiger partial charge in [-0.25, -0.2) is 0 Å². The van der Waals surface area contributed by atoms with Crippen molar-refractivity contribution < 1.29 is 0 Å². The fraction of sp³-hybridized carbons (Fsp3) is 0.500. The number of likely N-dealkylation sites (N-methyl/N-ethyl adjacent to an activating group) is 1. The lowest BCUT2D eigenvalue weighted by Crippen LogP contribution is -2.31. The Bertz CT molecular complexity index is 556. The zero-order valence-electron chi connectivity index (χ0n) is 11.9. The highest BCUT2D eigenvalue weighted by molar-refractivity contribution is 5.85. The van der Waals surface area contributed by atoms with Gasteiger partial charge in [0.1, 0.15) is 0 Å². The van der Waals surface area contributed by atoms with E-state index in [4.69, 9.17) is 0 Å². The number of nitrogens with zero attached hydrogens (tertiary/aromatic N) is 1. The van der Waals surface area contributed by atoms with Crippen molar-refractivity contribution in [2.24, 2.45) is 0 Å². The van der Waals surface area contributed by atoms with E-state index in [2.05, 4.69) is 53.6 Å². The molecule has 1 aliphatic carbocycles. The van der Waals surface area contributed by atoms with E-state index in [0.29, 0.717) is 6.04 Å². The second-order valence-corrected chi connectivity index (χ2v) is 5.77. The average molecular weight is 257 g/mol. The van der Waals surface area contributed by atoms with Gasteiger partial charge in [0.05, 0.1) is 0 Å². The minimum atomic E-state index is 0.496. The molecule has 1 heterocycles. The second kappa shape index (κ2) is 5.35. The topological polar surface area (TPSA) is 31.1 Å². The molecule has 0 saturated heterocycles. The number of fused-ring (bicyclic) bond motifs is 3. The fourth-order valence-corrected chi connectivity index (χ4v) is 3.08. The Kier molecular flexibility index (Phi) is 3.58. The van der Waals surface area contributed by atoms with Gasteiger partial charge in [0, 0.05) is 35.7 Å². The normalized spacial score (nSPS) is 19.0. The van der Waals surface area contributed by atoms with Crippen LogP contribution in [0.5, 0.6) is 0 Å². The molecule has 0 bridgehead atoms. The zero-order chi connectivity index (χ0) is 13.2. The highest BCUT2D eigenvalue weighted by Crippen LogP contribution is 2.34. The molecule has 2 aromatic rings. The first-order valence-electron chi connectivity index (χ1n) is 7.23. The molecule has 2 N–H and O–H groups in total. The van der Waals surface area contributed by atoms with Crippen LogP contribution < -0.4 is 5.32 Å². The minimum Gasteiger partial charge on any atom is -0.357 e. The van der Waals surface area contributed by atoms with Crippen LogP contribution in [-0.2, 0) is 6.42 Å². The molecule has 0 radical (unpaired) electrons. The highest BCUT2D eigenvalue weighted by atomic mass is 15.1. The van der Waals surface area contributed by atoms with Gasteiger partial charge < -0.3 is 15.2 Å². The van der Waals surface area contributed by atoms with E-state index in [1.165, 1.54) is 41.4 Å². The maximum atomic E-state index is 3.70. The van der Waals surface area contributed by atoms with E-state index in [9.17, 15) is 0 Å². The zero-order valence-corrected chi connectivity index (χ0v) is 11.9. The number of H-pyrrole nitrogens is 1. The molecule has 3 rings (SSSR count). The predicted molar refractivity (Wildman–Crippen MR) is 80.5 cm³/mol. The molecule has 0 amide bonds. The number of nitrogens with one attached hydrogen (secondary N) is 2. The van der Waals surface area contributed by atoms with Crippen molar-refractivity contribution in [1.29, 1.82) is 0 Å². The lowest BCUT2D eigenvalue weighted by Gasteiger charge is -2.24. The van der Waals surface area contributed by atoms with E-state index < -0.39 is 0 Å². The molecular weight excluding hydrogens is 234 g/mol. The molecule has 1 aromatic carbocycles. The Balaban J connectivity index is 1.83. The van der Waals surface area contributed by atoms with Gasteiger partial charge in [-0.2, -0.15) is 0 Å². The van der Waals surface area contributed by atoms with Crippen LogP contribution >= 0.6 is 0 Å². The summed E-state index contributed by atoms with van der Waals surface area (Å²) in [5, 5.41) is 5.11. The molecule has 1 aliphatic rings. The van der Waals surface area contributed by atoms with Gasteiger partial charge in [-0.15, -0.1) is 0 Å². The van der Waals surface area contributed by atoms with Crippen molar-refractivity contribution in [3.8, 4) is 0 Å². The van der Waals surface area contributed by atoms with Gasteiger partial charge in [-0.1, -0.05) is 18.2 Å². The Morgan fingerprint density at radius 1 is 1.32 bits per heavy atom. The number of aromatic nitrogens is 1. The van der Waals surface area contributed by atoms with Gasteiger partial charge in [-0.05, 0) is 45.0 Å². The molecule has 19 heavy (non-hydrogen) atoms. The third-order valence-corrected chi connectivity index (χ3v) is 4.06. The molecule has 102 valence electrons. The summed E-state index contributed by atoms with van der Waals surface area (Å²) in [7, 11) is 4.24. The number of aryl methyl sites for hydroxylation is 1. The Hall–Kier alpha value is -1.32.